The van der Waals surface area contributed by atoms with E-state index in [1.807, 2.05) is 25.1 Å². The fourth-order valence-electron chi connectivity index (χ4n) is 1.04. The molecule has 66 valence electrons. The predicted octanol–water partition coefficient (Wildman–Crippen LogP) is 0.586. The molecule has 1 aliphatic rings. The van der Waals surface area contributed by atoms with Crippen LogP contribution in [0.3, 0.4) is 0 Å². The topological polar surface area (TPSA) is 29.5 Å². The highest BCUT2D eigenvalue weighted by Crippen LogP contribution is 2.11. The van der Waals surface area contributed by atoms with E-state index in [9.17, 15) is 4.79 Å². The quantitative estimate of drug-likeness (QED) is 0.602. The van der Waals surface area contributed by atoms with Gasteiger partial charge in [-0.2, -0.15) is 0 Å². The Morgan fingerprint density at radius 1 is 1.42 bits per heavy atom. The van der Waals surface area contributed by atoms with E-state index in [0.717, 1.165) is 5.70 Å². The standard InChI is InChI=1S/C9H13NO2/c1-10(2)7-4-5-8(11)9(6-7)12-3/h4-6,9H,1-3H3. The second-order valence-corrected chi connectivity index (χ2v) is 2.88. The summed E-state index contributed by atoms with van der Waals surface area (Å²) >= 11 is 0. The summed E-state index contributed by atoms with van der Waals surface area (Å²) in [5.74, 6) is 0.00287. The summed E-state index contributed by atoms with van der Waals surface area (Å²) in [6, 6.07) is 0. The van der Waals surface area contributed by atoms with Gasteiger partial charge in [0.2, 0.25) is 0 Å². The third-order valence-corrected chi connectivity index (χ3v) is 1.79. The second kappa shape index (κ2) is 3.54. The highest BCUT2D eigenvalue weighted by Gasteiger charge is 2.17. The number of hydrogen-bond donors (Lipinski definition) is 0. The Labute approximate surface area is 72.3 Å². The predicted molar refractivity (Wildman–Crippen MR) is 46.7 cm³/mol. The number of ketones is 1. The lowest BCUT2D eigenvalue weighted by atomic mass is 10.1. The maximum absolute atomic E-state index is 11.1. The van der Waals surface area contributed by atoms with E-state index in [1.165, 1.54) is 7.11 Å². The molecular formula is C9H13NO2. The number of allylic oxidation sites excluding steroid dienone is 1. The molecule has 0 saturated carbocycles. The summed E-state index contributed by atoms with van der Waals surface area (Å²) < 4.78 is 4.98. The Balaban J connectivity index is 2.80. The molecule has 3 nitrogen and oxygen atoms in total. The molecule has 0 bridgehead atoms. The highest BCUT2D eigenvalue weighted by atomic mass is 16.5. The summed E-state index contributed by atoms with van der Waals surface area (Å²) in [4.78, 5) is 13.1. The molecule has 0 saturated heterocycles. The van der Waals surface area contributed by atoms with Gasteiger partial charge in [-0.3, -0.25) is 4.79 Å². The first-order chi connectivity index (χ1) is 5.65. The maximum atomic E-state index is 11.1. The van der Waals surface area contributed by atoms with Gasteiger partial charge in [0.05, 0.1) is 0 Å². The number of rotatable bonds is 2. The zero-order valence-electron chi connectivity index (χ0n) is 7.57. The van der Waals surface area contributed by atoms with Gasteiger partial charge in [0.15, 0.2) is 5.78 Å². The van der Waals surface area contributed by atoms with Crippen LogP contribution in [0.5, 0.6) is 0 Å². The molecule has 0 radical (unpaired) electrons. The average molecular weight is 167 g/mol. The van der Waals surface area contributed by atoms with Crippen LogP contribution in [0.1, 0.15) is 0 Å². The van der Waals surface area contributed by atoms with Crippen molar-refractivity contribution in [2.75, 3.05) is 21.2 Å². The Hall–Kier alpha value is -1.09. The molecule has 1 aliphatic carbocycles. The summed E-state index contributed by atoms with van der Waals surface area (Å²) in [5, 5.41) is 0. The van der Waals surface area contributed by atoms with Crippen LogP contribution < -0.4 is 0 Å². The summed E-state index contributed by atoms with van der Waals surface area (Å²) in [7, 11) is 5.39. The Kier molecular flexibility index (Phi) is 2.65. The van der Waals surface area contributed by atoms with Crippen LogP contribution in [-0.2, 0) is 9.53 Å². The Morgan fingerprint density at radius 2 is 2.08 bits per heavy atom. The minimum atomic E-state index is -0.410. The van der Waals surface area contributed by atoms with Crippen molar-refractivity contribution in [1.82, 2.24) is 4.90 Å². The molecule has 0 fully saturated rings. The van der Waals surface area contributed by atoms with Gasteiger partial charge < -0.3 is 9.64 Å². The van der Waals surface area contributed by atoms with Crippen molar-refractivity contribution >= 4 is 5.78 Å². The summed E-state index contributed by atoms with van der Waals surface area (Å²) in [5.41, 5.74) is 1.00. The number of likely N-dealkylation sites (N-methyl/N-ethyl adjacent to an activating group) is 1. The lowest BCUT2D eigenvalue weighted by Gasteiger charge is -2.19. The average Bonchev–Trinajstić information content (AvgIpc) is 2.05. The lowest BCUT2D eigenvalue weighted by molar-refractivity contribution is -0.121. The molecule has 0 spiro atoms. The van der Waals surface area contributed by atoms with Crippen molar-refractivity contribution in [3.63, 3.8) is 0 Å². The fraction of sp³-hybridized carbons (Fsp3) is 0.444. The van der Waals surface area contributed by atoms with Crippen molar-refractivity contribution in [3.05, 3.63) is 23.9 Å². The van der Waals surface area contributed by atoms with Gasteiger partial charge >= 0.3 is 0 Å². The number of methoxy groups -OCH3 is 1. The van der Waals surface area contributed by atoms with E-state index in [0.29, 0.717) is 0 Å². The van der Waals surface area contributed by atoms with E-state index in [4.69, 9.17) is 4.74 Å². The molecule has 0 aromatic carbocycles. The molecule has 0 N–H and O–H groups in total. The molecule has 12 heavy (non-hydrogen) atoms. The molecule has 0 aliphatic heterocycles. The fourth-order valence-corrected chi connectivity index (χ4v) is 1.04. The van der Waals surface area contributed by atoms with Crippen molar-refractivity contribution in [2.45, 2.75) is 6.10 Å². The molecule has 1 unspecified atom stereocenters. The lowest BCUT2D eigenvalue weighted by Crippen LogP contribution is -2.24. The SMILES string of the molecule is COC1C=C(N(C)C)C=CC1=O. The number of carbonyl (C=O) groups excluding carboxylic acids is 1. The normalized spacial score (nSPS) is 22.4. The minimum Gasteiger partial charge on any atom is -0.378 e. The largest absolute Gasteiger partial charge is 0.378 e. The number of hydrogen-bond acceptors (Lipinski definition) is 3. The Bertz CT molecular complexity index is 241. The van der Waals surface area contributed by atoms with Crippen molar-refractivity contribution < 1.29 is 9.53 Å². The zero-order chi connectivity index (χ0) is 9.14. The molecule has 1 atom stereocenters. The van der Waals surface area contributed by atoms with E-state index in [2.05, 4.69) is 0 Å². The monoisotopic (exact) mass is 167 g/mol. The van der Waals surface area contributed by atoms with Crippen LogP contribution >= 0.6 is 0 Å². The van der Waals surface area contributed by atoms with Gasteiger partial charge in [-0.1, -0.05) is 0 Å². The summed E-state index contributed by atoms with van der Waals surface area (Å²) in [6.45, 7) is 0. The number of ether oxygens (including phenoxy) is 1. The maximum Gasteiger partial charge on any atom is 0.188 e. The number of carbonyl (C=O) groups is 1. The first kappa shape index (κ1) is 9.00. The van der Waals surface area contributed by atoms with Crippen LogP contribution in [0.2, 0.25) is 0 Å². The van der Waals surface area contributed by atoms with E-state index in [-0.39, 0.29) is 5.78 Å². The van der Waals surface area contributed by atoms with Gasteiger partial charge in [-0.05, 0) is 18.2 Å². The molecule has 0 amide bonds. The minimum absolute atomic E-state index is 0.00287. The van der Waals surface area contributed by atoms with Crippen LogP contribution in [0.25, 0.3) is 0 Å². The van der Waals surface area contributed by atoms with Crippen molar-refractivity contribution in [2.24, 2.45) is 0 Å². The first-order valence-electron chi connectivity index (χ1n) is 3.79. The first-order valence-corrected chi connectivity index (χ1v) is 3.79. The molecule has 0 aromatic heterocycles. The second-order valence-electron chi connectivity index (χ2n) is 2.88. The number of nitrogens with zero attached hydrogens (tertiary/aromatic N) is 1. The van der Waals surface area contributed by atoms with Gasteiger partial charge in [0.1, 0.15) is 6.10 Å². The molecule has 1 rings (SSSR count). The third-order valence-electron chi connectivity index (χ3n) is 1.79. The van der Waals surface area contributed by atoms with Gasteiger partial charge in [0.25, 0.3) is 0 Å². The Morgan fingerprint density at radius 3 is 2.58 bits per heavy atom. The van der Waals surface area contributed by atoms with Crippen LogP contribution in [-0.4, -0.2) is 38.0 Å². The van der Waals surface area contributed by atoms with Crippen molar-refractivity contribution in [3.8, 4) is 0 Å². The van der Waals surface area contributed by atoms with Gasteiger partial charge in [-0.25, -0.2) is 0 Å². The smallest absolute Gasteiger partial charge is 0.188 e. The van der Waals surface area contributed by atoms with Crippen LogP contribution in [0.15, 0.2) is 23.9 Å². The van der Waals surface area contributed by atoms with Crippen LogP contribution in [0, 0.1) is 0 Å². The van der Waals surface area contributed by atoms with Crippen LogP contribution in [0.4, 0.5) is 0 Å². The van der Waals surface area contributed by atoms with E-state index < -0.39 is 6.10 Å². The van der Waals surface area contributed by atoms with Gasteiger partial charge in [0, 0.05) is 26.9 Å². The van der Waals surface area contributed by atoms with E-state index in [1.54, 1.807) is 12.2 Å². The molecule has 0 heterocycles. The van der Waals surface area contributed by atoms with Gasteiger partial charge in [-0.15, -0.1) is 0 Å². The highest BCUT2D eigenvalue weighted by molar-refractivity contribution is 5.96. The summed E-state index contributed by atoms with van der Waals surface area (Å²) in [6.07, 6.45) is 4.73. The third kappa shape index (κ3) is 1.74. The zero-order valence-corrected chi connectivity index (χ0v) is 7.57. The van der Waals surface area contributed by atoms with Crippen molar-refractivity contribution in [1.29, 1.82) is 0 Å². The molecule has 3 heteroatoms. The molecule has 0 aromatic rings. The van der Waals surface area contributed by atoms with E-state index >= 15 is 0 Å². The molecular weight excluding hydrogens is 154 g/mol.